The number of methoxy groups -OCH3 is 1. The smallest absolute Gasteiger partial charge is 0.262 e. The third-order valence-corrected chi connectivity index (χ3v) is 5.37. The predicted octanol–water partition coefficient (Wildman–Crippen LogP) is 3.82. The monoisotopic (exact) mass is 459 g/mol. The minimum atomic E-state index is -0.783. The van der Waals surface area contributed by atoms with Gasteiger partial charge < -0.3 is 15.2 Å². The largest absolute Gasteiger partial charge is 0.504 e. The molecule has 0 heterocycles. The summed E-state index contributed by atoms with van der Waals surface area (Å²) in [5.41, 5.74) is 4.82. The van der Waals surface area contributed by atoms with Crippen molar-refractivity contribution in [3.8, 4) is 11.5 Å². The predicted molar refractivity (Wildman–Crippen MR) is 132 cm³/mol. The number of hydrogen-bond acceptors (Lipinski definition) is 5. The molecular formula is C27H29N3O4. The summed E-state index contributed by atoms with van der Waals surface area (Å²) in [4.78, 5) is 26.3. The topological polar surface area (TPSA) is 100 Å². The van der Waals surface area contributed by atoms with E-state index in [-0.39, 0.29) is 17.6 Å². The van der Waals surface area contributed by atoms with E-state index in [0.717, 1.165) is 11.1 Å². The van der Waals surface area contributed by atoms with Crippen LogP contribution >= 0.6 is 0 Å². The molecule has 2 amide bonds. The van der Waals surface area contributed by atoms with Gasteiger partial charge in [0.05, 0.1) is 19.2 Å². The van der Waals surface area contributed by atoms with Gasteiger partial charge in [0, 0.05) is 0 Å². The summed E-state index contributed by atoms with van der Waals surface area (Å²) < 4.78 is 5.08. The number of nitrogens with one attached hydrogen (secondary N) is 2. The summed E-state index contributed by atoms with van der Waals surface area (Å²) in [6.07, 6.45) is 1.44. The van der Waals surface area contributed by atoms with Crippen molar-refractivity contribution >= 4 is 18.0 Å². The highest BCUT2D eigenvalue weighted by Crippen LogP contribution is 2.26. The number of hydrazone groups is 1. The molecule has 1 atom stereocenters. The Bertz CT molecular complexity index is 1090. The van der Waals surface area contributed by atoms with Gasteiger partial charge in [0.15, 0.2) is 11.5 Å². The molecule has 0 bridgehead atoms. The van der Waals surface area contributed by atoms with E-state index < -0.39 is 17.9 Å². The number of carbonyl (C=O) groups is 2. The molecule has 7 heteroatoms. The molecule has 3 aromatic carbocycles. The summed E-state index contributed by atoms with van der Waals surface area (Å²) >= 11 is 0. The first-order valence-electron chi connectivity index (χ1n) is 11.0. The van der Waals surface area contributed by atoms with E-state index in [9.17, 15) is 14.7 Å². The van der Waals surface area contributed by atoms with E-state index in [1.165, 1.54) is 19.4 Å². The molecule has 34 heavy (non-hydrogen) atoms. The standard InChI is InChI=1S/C27H29N3O4/c1-18(2)25(27(33)30-28-17-19-14-15-22(31)23(16-19)34-3)29-26(32)24(20-10-6-4-7-11-20)21-12-8-5-9-13-21/h4-18,24-25,31H,1-3H3,(H,29,32)(H,30,33)/b28-17-/t25-/m0/s1. The van der Waals surface area contributed by atoms with Crippen molar-refractivity contribution in [2.75, 3.05) is 7.11 Å². The zero-order chi connectivity index (χ0) is 24.5. The number of amides is 2. The molecule has 0 saturated carbocycles. The van der Waals surface area contributed by atoms with Crippen molar-refractivity contribution < 1.29 is 19.4 Å². The normalized spacial score (nSPS) is 12.0. The zero-order valence-corrected chi connectivity index (χ0v) is 19.4. The average Bonchev–Trinajstić information content (AvgIpc) is 2.84. The van der Waals surface area contributed by atoms with E-state index in [0.29, 0.717) is 11.3 Å². The molecular weight excluding hydrogens is 430 g/mol. The molecule has 0 radical (unpaired) electrons. The van der Waals surface area contributed by atoms with Crippen molar-refractivity contribution in [1.82, 2.24) is 10.7 Å². The Morgan fingerprint density at radius 1 is 0.912 bits per heavy atom. The summed E-state index contributed by atoms with van der Waals surface area (Å²) in [5.74, 6) is -1.10. The van der Waals surface area contributed by atoms with Crippen LogP contribution in [0.25, 0.3) is 0 Å². The molecule has 0 aliphatic rings. The van der Waals surface area contributed by atoms with E-state index in [2.05, 4.69) is 15.8 Å². The summed E-state index contributed by atoms with van der Waals surface area (Å²) in [5, 5.41) is 16.6. The van der Waals surface area contributed by atoms with Crippen LogP contribution in [0.4, 0.5) is 0 Å². The van der Waals surface area contributed by atoms with Crippen LogP contribution in [0.3, 0.4) is 0 Å². The number of ether oxygens (including phenoxy) is 1. The lowest BCUT2D eigenvalue weighted by molar-refractivity contribution is -0.130. The first-order valence-corrected chi connectivity index (χ1v) is 11.0. The number of rotatable bonds is 9. The van der Waals surface area contributed by atoms with Crippen LogP contribution < -0.4 is 15.5 Å². The molecule has 3 aromatic rings. The Morgan fingerprint density at radius 3 is 2.03 bits per heavy atom. The van der Waals surface area contributed by atoms with E-state index >= 15 is 0 Å². The van der Waals surface area contributed by atoms with Gasteiger partial charge in [-0.3, -0.25) is 9.59 Å². The van der Waals surface area contributed by atoms with E-state index in [1.807, 2.05) is 74.5 Å². The highest BCUT2D eigenvalue weighted by molar-refractivity contribution is 5.93. The molecule has 0 aromatic heterocycles. The van der Waals surface area contributed by atoms with Gasteiger partial charge >= 0.3 is 0 Å². The van der Waals surface area contributed by atoms with Crippen LogP contribution in [-0.2, 0) is 9.59 Å². The molecule has 0 fully saturated rings. The van der Waals surface area contributed by atoms with Gasteiger partial charge in [0.1, 0.15) is 6.04 Å². The Balaban J connectivity index is 1.75. The summed E-state index contributed by atoms with van der Waals surface area (Å²) in [6.45, 7) is 3.72. The van der Waals surface area contributed by atoms with Crippen molar-refractivity contribution in [1.29, 1.82) is 0 Å². The molecule has 3 rings (SSSR count). The lowest BCUT2D eigenvalue weighted by atomic mass is 9.89. The number of phenolic OH excluding ortho intramolecular Hbond substituents is 1. The van der Waals surface area contributed by atoms with Crippen molar-refractivity contribution in [2.45, 2.75) is 25.8 Å². The molecule has 0 aliphatic heterocycles. The number of carbonyl (C=O) groups excluding carboxylic acids is 2. The van der Waals surface area contributed by atoms with Crippen LogP contribution in [0, 0.1) is 5.92 Å². The number of hydrogen-bond donors (Lipinski definition) is 3. The van der Waals surface area contributed by atoms with E-state index in [4.69, 9.17) is 4.74 Å². The zero-order valence-electron chi connectivity index (χ0n) is 19.4. The molecule has 7 nitrogen and oxygen atoms in total. The Hall–Kier alpha value is -4.13. The number of nitrogens with zero attached hydrogens (tertiary/aromatic N) is 1. The highest BCUT2D eigenvalue weighted by atomic mass is 16.5. The second-order valence-corrected chi connectivity index (χ2v) is 8.15. The third-order valence-electron chi connectivity index (χ3n) is 5.37. The van der Waals surface area contributed by atoms with Gasteiger partial charge in [-0.2, -0.15) is 5.10 Å². The highest BCUT2D eigenvalue weighted by Gasteiger charge is 2.29. The molecule has 0 aliphatic carbocycles. The van der Waals surface area contributed by atoms with Crippen molar-refractivity contribution in [2.24, 2.45) is 11.0 Å². The van der Waals surface area contributed by atoms with Gasteiger partial charge in [-0.05, 0) is 40.8 Å². The maximum Gasteiger partial charge on any atom is 0.262 e. The fraction of sp³-hybridized carbons (Fsp3) is 0.222. The quantitative estimate of drug-likeness (QED) is 0.335. The maximum absolute atomic E-state index is 13.4. The van der Waals surface area contributed by atoms with Gasteiger partial charge in [-0.25, -0.2) is 5.43 Å². The van der Waals surface area contributed by atoms with Gasteiger partial charge in [0.25, 0.3) is 5.91 Å². The fourth-order valence-corrected chi connectivity index (χ4v) is 3.57. The first-order chi connectivity index (χ1) is 16.4. The molecule has 0 unspecified atom stereocenters. The molecule has 176 valence electrons. The molecule has 0 spiro atoms. The first kappa shape index (κ1) is 24.5. The van der Waals surface area contributed by atoms with Crippen LogP contribution in [0.1, 0.15) is 36.5 Å². The number of benzene rings is 3. The summed E-state index contributed by atoms with van der Waals surface area (Å²) in [6, 6.07) is 22.9. The fourth-order valence-electron chi connectivity index (χ4n) is 3.57. The van der Waals surface area contributed by atoms with Gasteiger partial charge in [0.2, 0.25) is 5.91 Å². The molecule has 0 saturated heterocycles. The second kappa shape index (κ2) is 11.7. The summed E-state index contributed by atoms with van der Waals surface area (Å²) in [7, 11) is 1.45. The van der Waals surface area contributed by atoms with Crippen LogP contribution in [-0.4, -0.2) is 36.3 Å². The Labute approximate surface area is 199 Å². The van der Waals surface area contributed by atoms with Crippen molar-refractivity contribution in [3.63, 3.8) is 0 Å². The lowest BCUT2D eigenvalue weighted by Gasteiger charge is -2.24. The number of aromatic hydroxyl groups is 1. The minimum Gasteiger partial charge on any atom is -0.504 e. The maximum atomic E-state index is 13.4. The minimum absolute atomic E-state index is 0.0117. The lowest BCUT2D eigenvalue weighted by Crippen LogP contribution is -2.50. The van der Waals surface area contributed by atoms with E-state index in [1.54, 1.807) is 12.1 Å². The van der Waals surface area contributed by atoms with Gasteiger partial charge in [-0.15, -0.1) is 0 Å². The number of phenols is 1. The Morgan fingerprint density at radius 2 is 1.50 bits per heavy atom. The van der Waals surface area contributed by atoms with Crippen molar-refractivity contribution in [3.05, 3.63) is 95.6 Å². The van der Waals surface area contributed by atoms with Crippen LogP contribution in [0.15, 0.2) is 84.0 Å². The average molecular weight is 460 g/mol. The molecule has 3 N–H and O–H groups in total. The SMILES string of the molecule is COc1cc(/C=N\NC(=O)[C@@H](NC(=O)C(c2ccccc2)c2ccccc2)C(C)C)ccc1O. The Kier molecular flexibility index (Phi) is 8.40. The van der Waals surface area contributed by atoms with Crippen LogP contribution in [0.5, 0.6) is 11.5 Å². The second-order valence-electron chi connectivity index (χ2n) is 8.15. The third kappa shape index (κ3) is 6.22. The van der Waals surface area contributed by atoms with Gasteiger partial charge in [-0.1, -0.05) is 74.5 Å². The van der Waals surface area contributed by atoms with Crippen LogP contribution in [0.2, 0.25) is 0 Å².